The number of carboxylic acid groups (broad SMARTS) is 4. The van der Waals surface area contributed by atoms with Crippen molar-refractivity contribution in [3.05, 3.63) is 0 Å². The van der Waals surface area contributed by atoms with E-state index in [0.717, 1.165) is 0 Å². The molecular formula is C36H52N8O8Zn2. The molecule has 5 aliphatic heterocycles. The van der Waals surface area contributed by atoms with Gasteiger partial charge >= 0.3 is 39.0 Å². The molecule has 0 aromatic carbocycles. The fourth-order valence-electron chi connectivity index (χ4n) is 12.9. The van der Waals surface area contributed by atoms with E-state index in [4.69, 9.17) is 0 Å². The molecule has 12 atom stereocenters. The Morgan fingerprint density at radius 1 is 0.296 bits per heavy atom. The summed E-state index contributed by atoms with van der Waals surface area (Å²) in [5.41, 5.74) is 0. The minimum absolute atomic E-state index is 0. The van der Waals surface area contributed by atoms with E-state index in [1.165, 1.54) is 0 Å². The van der Waals surface area contributed by atoms with Crippen LogP contribution in [0.5, 0.6) is 0 Å². The van der Waals surface area contributed by atoms with Gasteiger partial charge in [-0.05, 0) is 148 Å². The van der Waals surface area contributed by atoms with Gasteiger partial charge in [0.2, 0.25) is 0 Å². The summed E-state index contributed by atoms with van der Waals surface area (Å²) >= 11 is 0. The van der Waals surface area contributed by atoms with Crippen molar-refractivity contribution < 1.29 is 78.6 Å². The summed E-state index contributed by atoms with van der Waals surface area (Å²) in [6.45, 7) is 0. The van der Waals surface area contributed by atoms with Crippen LogP contribution >= 0.6 is 0 Å². The molecule has 9 rings (SSSR count). The van der Waals surface area contributed by atoms with Crippen LogP contribution in [0.1, 0.15) is 77.0 Å². The molecule has 4 saturated carbocycles. The number of carboxylic acids is 4. The molecule has 0 aromatic heterocycles. The van der Waals surface area contributed by atoms with Gasteiger partial charge in [0.25, 0.3) is 0 Å². The quantitative estimate of drug-likeness (QED) is 0.123. The Balaban J connectivity index is 0.00000225. The third-order valence-electron chi connectivity index (χ3n) is 15.5. The van der Waals surface area contributed by atoms with Gasteiger partial charge in [-0.2, -0.15) is 0 Å². The van der Waals surface area contributed by atoms with Gasteiger partial charge in [0.1, 0.15) is 0 Å². The molecule has 12 unspecified atom stereocenters. The molecule has 8 bridgehead atoms. The molecule has 288 valence electrons. The van der Waals surface area contributed by atoms with Crippen molar-refractivity contribution in [3.8, 4) is 0 Å². The predicted molar refractivity (Wildman–Crippen MR) is 173 cm³/mol. The predicted octanol–water partition coefficient (Wildman–Crippen LogP) is -5.50. The number of aliphatic carboxylic acids is 4. The van der Waals surface area contributed by atoms with Crippen molar-refractivity contribution in [3.63, 3.8) is 0 Å². The van der Waals surface area contributed by atoms with E-state index < -0.39 is 47.5 Å². The van der Waals surface area contributed by atoms with Crippen molar-refractivity contribution >= 4 is 23.9 Å². The molecule has 18 heteroatoms. The second-order valence-corrected chi connectivity index (χ2v) is 17.8. The Kier molecular flexibility index (Phi) is 12.3. The zero-order valence-corrected chi connectivity index (χ0v) is 36.6. The maximum absolute atomic E-state index is 12.1. The normalized spacial score (nSPS) is 50.5. The molecule has 4 aliphatic carbocycles. The molecule has 9 fully saturated rings. The van der Waals surface area contributed by atoms with Crippen LogP contribution in [0, 0.1) is 71.0 Å². The second kappa shape index (κ2) is 16.2. The maximum atomic E-state index is 12.1. The number of hydrogen-bond donors (Lipinski definition) is 8. The van der Waals surface area contributed by atoms with Crippen molar-refractivity contribution in [1.29, 1.82) is 0 Å². The minimum atomic E-state index is -1.02. The van der Waals surface area contributed by atoms with Crippen LogP contribution in [0.25, 0.3) is 0 Å². The Hall–Kier alpha value is -1.19. The van der Waals surface area contributed by atoms with Crippen LogP contribution in [-0.2, 0) is 58.1 Å². The summed E-state index contributed by atoms with van der Waals surface area (Å²) in [4.78, 5) is 48.5. The number of hydrogen-bond acceptors (Lipinski definition) is 16. The van der Waals surface area contributed by atoms with Gasteiger partial charge < -0.3 is 39.6 Å². The molecule has 0 spiro atoms. The molecule has 16 nitrogen and oxygen atoms in total. The van der Waals surface area contributed by atoms with Crippen molar-refractivity contribution in [2.45, 2.75) is 126 Å². The van der Waals surface area contributed by atoms with Gasteiger partial charge in [-0.15, -0.1) is 0 Å². The molecule has 5 heterocycles. The summed E-state index contributed by atoms with van der Waals surface area (Å²) in [6, 6.07) is 0. The Labute approximate surface area is 340 Å². The van der Waals surface area contributed by atoms with E-state index in [9.17, 15) is 39.6 Å². The summed E-state index contributed by atoms with van der Waals surface area (Å²) in [6.07, 6.45) is 5.31. The Morgan fingerprint density at radius 3 is 0.630 bits per heavy atom. The number of fused-ring (bicyclic) bond motifs is 20. The minimum Gasteiger partial charge on any atom is -0.550 e. The number of carbonyl (C=O) groups excluding carboxylic acids is 4. The first kappa shape index (κ1) is 41.0. The topological polar surface area (TPSA) is 257 Å². The van der Waals surface area contributed by atoms with Crippen LogP contribution in [0.15, 0.2) is 0 Å². The van der Waals surface area contributed by atoms with Gasteiger partial charge in [-0.1, -0.05) is 0 Å². The average molecular weight is 856 g/mol. The molecule has 0 amide bonds. The number of nitrogens with one attached hydrogen (secondary N) is 8. The van der Waals surface area contributed by atoms with Gasteiger partial charge in [0, 0.05) is 23.9 Å². The zero-order valence-electron chi connectivity index (χ0n) is 30.7. The zero-order chi connectivity index (χ0) is 36.0. The summed E-state index contributed by atoms with van der Waals surface area (Å²) in [5.74, 6) is -5.72. The van der Waals surface area contributed by atoms with Gasteiger partial charge in [-0.25, -0.2) is 0 Å². The molecule has 0 aromatic rings. The first-order valence-electron chi connectivity index (χ1n) is 19.9. The van der Waals surface area contributed by atoms with Crippen LogP contribution in [0.3, 0.4) is 0 Å². The SMILES string of the molecule is O=C([O-])C1CCC2C3NC(NC4NC(NC5NC(NC6NC(N3)C3CC(C(=O)[O-])CCC63)C3CC(C(=O)[O-])CCC53)C3CC(C(=O)[O-])CCC43)C2C1.[Zn+2].[Zn+2]. The van der Waals surface area contributed by atoms with E-state index >= 15 is 0 Å². The standard InChI is InChI=1S/C36H56N8O8.2Zn/c45-33(46)13-1-5-17-21(9-13)29-37-25(17)41-30-22-10-14(34(47)48)2-6-18(22)27(38-30)43-32-24-12-16(36(51)52)4-8-20(24)28(40-32)44-31-23-11-15(35(49)50)3-7-19(23)26(39-31)42-29;;/h13-32,37-44H,1-12H2,(H,45,46)(H,47,48)(H,49,50)(H,51,52);;/q;2*+2/p-4. The van der Waals surface area contributed by atoms with Gasteiger partial charge in [0.15, 0.2) is 0 Å². The van der Waals surface area contributed by atoms with Gasteiger partial charge in [-0.3, -0.25) is 42.5 Å². The first-order valence-corrected chi connectivity index (χ1v) is 19.9. The largest absolute Gasteiger partial charge is 2.00 e. The van der Waals surface area contributed by atoms with Crippen LogP contribution in [-0.4, -0.2) is 73.2 Å². The fraction of sp³-hybridized carbons (Fsp3) is 0.889. The molecule has 5 saturated heterocycles. The van der Waals surface area contributed by atoms with E-state index in [1.807, 2.05) is 0 Å². The first-order chi connectivity index (χ1) is 25.0. The molecule has 0 radical (unpaired) electrons. The summed E-state index contributed by atoms with van der Waals surface area (Å²) < 4.78 is 0. The van der Waals surface area contributed by atoms with E-state index in [-0.39, 0.29) is 136 Å². The molecular weight excluding hydrogens is 803 g/mol. The van der Waals surface area contributed by atoms with Gasteiger partial charge in [0.05, 0.1) is 49.3 Å². The Morgan fingerprint density at radius 2 is 0.463 bits per heavy atom. The van der Waals surface area contributed by atoms with Crippen molar-refractivity contribution in [2.75, 3.05) is 0 Å². The van der Waals surface area contributed by atoms with E-state index in [2.05, 4.69) is 42.5 Å². The third-order valence-corrected chi connectivity index (χ3v) is 15.5. The van der Waals surface area contributed by atoms with Crippen LogP contribution in [0.2, 0.25) is 0 Å². The summed E-state index contributed by atoms with van der Waals surface area (Å²) in [7, 11) is 0. The molecule has 9 aliphatic rings. The van der Waals surface area contributed by atoms with E-state index in [0.29, 0.717) is 77.0 Å². The monoisotopic (exact) mass is 852 g/mol. The molecule has 8 N–H and O–H groups in total. The number of rotatable bonds is 4. The fourth-order valence-corrected chi connectivity index (χ4v) is 12.9. The maximum Gasteiger partial charge on any atom is 2.00 e. The average Bonchev–Trinajstić information content (AvgIpc) is 3.85. The summed E-state index contributed by atoms with van der Waals surface area (Å²) in [5, 5.41) is 79.2. The van der Waals surface area contributed by atoms with E-state index in [1.54, 1.807) is 0 Å². The van der Waals surface area contributed by atoms with Crippen LogP contribution in [0.4, 0.5) is 0 Å². The van der Waals surface area contributed by atoms with Crippen molar-refractivity contribution in [1.82, 2.24) is 42.5 Å². The smallest absolute Gasteiger partial charge is 0.550 e. The number of carbonyl (C=O) groups is 4. The third kappa shape index (κ3) is 7.37. The second-order valence-electron chi connectivity index (χ2n) is 17.8. The van der Waals surface area contributed by atoms with Crippen molar-refractivity contribution in [2.24, 2.45) is 71.0 Å². The molecule has 54 heavy (non-hydrogen) atoms. The van der Waals surface area contributed by atoms with Crippen LogP contribution < -0.4 is 63.0 Å². The Bertz CT molecular complexity index is 1240.